The number of likely N-dealkylation sites (tertiary alicyclic amines) is 1. The summed E-state index contributed by atoms with van der Waals surface area (Å²) >= 11 is 0. The highest BCUT2D eigenvalue weighted by atomic mass is 16.5. The number of nitrogens with zero attached hydrogens (tertiary/aromatic N) is 2. The minimum Gasteiger partial charge on any atom is -0.364 e. The smallest absolute Gasteiger partial charge is 0.234 e. The number of benzene rings is 1. The summed E-state index contributed by atoms with van der Waals surface area (Å²) in [6.07, 6.45) is 4.48. The summed E-state index contributed by atoms with van der Waals surface area (Å²) in [5.41, 5.74) is 2.77. The first kappa shape index (κ1) is 14.2. The standard InChI is InChI=1S/C20H20N2O2/c23-18(19(8-9-19)17-7-3-4-11-21-17)22-12-10-20(14-22)16-6-2-1-5-15(16)13-24-20/h1-7,11H,8-10,12-14H2. The van der Waals surface area contributed by atoms with Crippen LogP contribution in [0.5, 0.6) is 0 Å². The first-order valence-corrected chi connectivity index (χ1v) is 8.67. The molecule has 1 aromatic carbocycles. The number of aromatic nitrogens is 1. The first-order valence-electron chi connectivity index (χ1n) is 8.67. The SMILES string of the molecule is O=C(N1CCC2(C1)OCc1ccccc12)C1(c2ccccn2)CC1. The van der Waals surface area contributed by atoms with Crippen molar-refractivity contribution in [2.75, 3.05) is 13.1 Å². The lowest BCUT2D eigenvalue weighted by Crippen LogP contribution is -2.40. The van der Waals surface area contributed by atoms with E-state index in [2.05, 4.69) is 29.2 Å². The van der Waals surface area contributed by atoms with Gasteiger partial charge in [0.25, 0.3) is 0 Å². The van der Waals surface area contributed by atoms with Crippen molar-refractivity contribution in [1.29, 1.82) is 0 Å². The molecule has 1 saturated heterocycles. The number of ether oxygens (including phenoxy) is 1. The van der Waals surface area contributed by atoms with Gasteiger partial charge in [0, 0.05) is 12.7 Å². The van der Waals surface area contributed by atoms with Crippen LogP contribution in [0.15, 0.2) is 48.7 Å². The largest absolute Gasteiger partial charge is 0.364 e. The van der Waals surface area contributed by atoms with Crippen LogP contribution in [0.4, 0.5) is 0 Å². The molecule has 0 N–H and O–H groups in total. The Balaban J connectivity index is 1.42. The highest BCUT2D eigenvalue weighted by molar-refractivity contribution is 5.91. The lowest BCUT2D eigenvalue weighted by molar-refractivity contribution is -0.134. The van der Waals surface area contributed by atoms with Gasteiger partial charge in [-0.3, -0.25) is 9.78 Å². The van der Waals surface area contributed by atoms with Crippen LogP contribution in [-0.4, -0.2) is 28.9 Å². The normalized spacial score (nSPS) is 26.6. The Labute approximate surface area is 141 Å². The van der Waals surface area contributed by atoms with E-state index in [0.29, 0.717) is 13.2 Å². The fourth-order valence-electron chi connectivity index (χ4n) is 4.33. The van der Waals surface area contributed by atoms with E-state index in [-0.39, 0.29) is 16.9 Å². The van der Waals surface area contributed by atoms with Crippen LogP contribution in [0.25, 0.3) is 0 Å². The molecule has 1 saturated carbocycles. The number of hydrogen-bond acceptors (Lipinski definition) is 3. The summed E-state index contributed by atoms with van der Waals surface area (Å²) in [7, 11) is 0. The van der Waals surface area contributed by atoms with Gasteiger partial charge in [0.2, 0.25) is 5.91 Å². The van der Waals surface area contributed by atoms with Crippen LogP contribution >= 0.6 is 0 Å². The molecule has 2 aromatic rings. The molecule has 5 rings (SSSR count). The number of fused-ring (bicyclic) bond motifs is 2. The van der Waals surface area contributed by atoms with Gasteiger partial charge in [-0.1, -0.05) is 30.3 Å². The molecule has 1 atom stereocenters. The highest BCUT2D eigenvalue weighted by Crippen LogP contribution is 2.51. The molecular weight excluding hydrogens is 300 g/mol. The lowest BCUT2D eigenvalue weighted by Gasteiger charge is -2.27. The van der Waals surface area contributed by atoms with Crippen molar-refractivity contribution in [2.24, 2.45) is 0 Å². The van der Waals surface area contributed by atoms with Crippen LogP contribution in [0.1, 0.15) is 36.1 Å². The van der Waals surface area contributed by atoms with Crippen molar-refractivity contribution in [2.45, 2.75) is 36.9 Å². The molecule has 1 aromatic heterocycles. The average Bonchev–Trinajstić information content (AvgIpc) is 3.23. The van der Waals surface area contributed by atoms with Gasteiger partial charge in [0.1, 0.15) is 5.60 Å². The number of amides is 1. The van der Waals surface area contributed by atoms with Gasteiger partial charge in [-0.05, 0) is 42.5 Å². The van der Waals surface area contributed by atoms with E-state index in [1.807, 2.05) is 23.1 Å². The summed E-state index contributed by atoms with van der Waals surface area (Å²) in [4.78, 5) is 19.7. The van der Waals surface area contributed by atoms with Gasteiger partial charge in [0.15, 0.2) is 0 Å². The Morgan fingerprint density at radius 3 is 2.71 bits per heavy atom. The van der Waals surface area contributed by atoms with Crippen LogP contribution in [-0.2, 0) is 27.2 Å². The molecule has 1 spiro atoms. The zero-order valence-electron chi connectivity index (χ0n) is 13.6. The molecule has 3 aliphatic rings. The third-order valence-electron chi connectivity index (χ3n) is 5.85. The Morgan fingerprint density at radius 1 is 1.08 bits per heavy atom. The molecule has 0 bridgehead atoms. The Hall–Kier alpha value is -2.20. The number of carbonyl (C=O) groups excluding carboxylic acids is 1. The van der Waals surface area contributed by atoms with E-state index >= 15 is 0 Å². The zero-order valence-corrected chi connectivity index (χ0v) is 13.6. The first-order chi connectivity index (χ1) is 11.7. The maximum absolute atomic E-state index is 13.2. The number of rotatable bonds is 2. The van der Waals surface area contributed by atoms with Crippen molar-refractivity contribution in [1.82, 2.24) is 9.88 Å². The van der Waals surface area contributed by atoms with Crippen LogP contribution in [0.2, 0.25) is 0 Å². The van der Waals surface area contributed by atoms with Gasteiger partial charge >= 0.3 is 0 Å². The minimum atomic E-state index is -0.384. The van der Waals surface area contributed by atoms with E-state index < -0.39 is 0 Å². The second kappa shape index (κ2) is 4.90. The molecule has 1 amide bonds. The molecule has 2 aliphatic heterocycles. The van der Waals surface area contributed by atoms with Crippen LogP contribution in [0, 0.1) is 0 Å². The molecular formula is C20H20N2O2. The van der Waals surface area contributed by atoms with E-state index in [1.165, 1.54) is 11.1 Å². The summed E-state index contributed by atoms with van der Waals surface area (Å²) in [5.74, 6) is 0.228. The summed E-state index contributed by atoms with van der Waals surface area (Å²) in [5, 5.41) is 0. The van der Waals surface area contributed by atoms with Gasteiger partial charge in [-0.25, -0.2) is 0 Å². The van der Waals surface area contributed by atoms with E-state index in [4.69, 9.17) is 4.74 Å². The maximum Gasteiger partial charge on any atom is 0.234 e. The maximum atomic E-state index is 13.2. The van der Waals surface area contributed by atoms with Gasteiger partial charge in [-0.2, -0.15) is 0 Å². The third-order valence-corrected chi connectivity index (χ3v) is 5.85. The highest BCUT2D eigenvalue weighted by Gasteiger charge is 2.57. The lowest BCUT2D eigenvalue weighted by atomic mass is 9.91. The molecule has 1 aliphatic carbocycles. The molecule has 0 radical (unpaired) electrons. The Morgan fingerprint density at radius 2 is 1.92 bits per heavy atom. The molecule has 4 heteroatoms. The summed E-state index contributed by atoms with van der Waals surface area (Å²) < 4.78 is 6.18. The molecule has 3 heterocycles. The fourth-order valence-corrected chi connectivity index (χ4v) is 4.33. The third kappa shape index (κ3) is 1.89. The second-order valence-electron chi connectivity index (χ2n) is 7.21. The predicted octanol–water partition coefficient (Wildman–Crippen LogP) is 2.77. The number of carbonyl (C=O) groups is 1. The Bertz CT molecular complexity index is 800. The van der Waals surface area contributed by atoms with Crippen molar-refractivity contribution in [3.05, 3.63) is 65.5 Å². The number of pyridine rings is 1. The fraction of sp³-hybridized carbons (Fsp3) is 0.400. The quantitative estimate of drug-likeness (QED) is 0.854. The molecule has 122 valence electrons. The predicted molar refractivity (Wildman–Crippen MR) is 89.3 cm³/mol. The van der Waals surface area contributed by atoms with Gasteiger partial charge < -0.3 is 9.64 Å². The van der Waals surface area contributed by atoms with Crippen LogP contribution in [0.3, 0.4) is 0 Å². The van der Waals surface area contributed by atoms with E-state index in [1.54, 1.807) is 6.20 Å². The molecule has 24 heavy (non-hydrogen) atoms. The summed E-state index contributed by atoms with van der Waals surface area (Å²) in [6, 6.07) is 14.3. The monoisotopic (exact) mass is 320 g/mol. The van der Waals surface area contributed by atoms with Crippen LogP contribution < -0.4 is 0 Å². The zero-order chi connectivity index (χ0) is 16.2. The van der Waals surface area contributed by atoms with Gasteiger partial charge in [-0.15, -0.1) is 0 Å². The number of hydrogen-bond donors (Lipinski definition) is 0. The topological polar surface area (TPSA) is 42.4 Å². The van der Waals surface area contributed by atoms with Crippen molar-refractivity contribution >= 4 is 5.91 Å². The van der Waals surface area contributed by atoms with Crippen molar-refractivity contribution in [3.63, 3.8) is 0 Å². The summed E-state index contributed by atoms with van der Waals surface area (Å²) in [6.45, 7) is 2.09. The molecule has 1 unspecified atom stereocenters. The van der Waals surface area contributed by atoms with E-state index in [9.17, 15) is 4.79 Å². The van der Waals surface area contributed by atoms with Gasteiger partial charge in [0.05, 0.1) is 24.3 Å². The van der Waals surface area contributed by atoms with E-state index in [0.717, 1.165) is 31.5 Å². The van der Waals surface area contributed by atoms with Crippen molar-refractivity contribution in [3.8, 4) is 0 Å². The molecule has 4 nitrogen and oxygen atoms in total. The minimum absolute atomic E-state index is 0.228. The average molecular weight is 320 g/mol. The van der Waals surface area contributed by atoms with Crippen molar-refractivity contribution < 1.29 is 9.53 Å². The second-order valence-corrected chi connectivity index (χ2v) is 7.21. The Kier molecular flexibility index (Phi) is 2.89. The molecule has 2 fully saturated rings.